The van der Waals surface area contributed by atoms with Crippen molar-refractivity contribution in [3.05, 3.63) is 0 Å². The molecule has 0 aromatic rings. The van der Waals surface area contributed by atoms with E-state index in [9.17, 15) is 0 Å². The lowest BCUT2D eigenvalue weighted by molar-refractivity contribution is 0.458. The number of rotatable bonds is 0. The number of hydrogen-bond acceptors (Lipinski definition) is 3. The summed E-state index contributed by atoms with van der Waals surface area (Å²) in [5, 5.41) is 0. The summed E-state index contributed by atoms with van der Waals surface area (Å²) >= 11 is 0. The van der Waals surface area contributed by atoms with Crippen LogP contribution in [0.25, 0.3) is 0 Å². The highest BCUT2D eigenvalue weighted by Crippen LogP contribution is 2.10. The molecule has 1 rings (SSSR count). The van der Waals surface area contributed by atoms with Gasteiger partial charge in [0.25, 0.3) is 0 Å². The van der Waals surface area contributed by atoms with E-state index in [0.717, 1.165) is 12.3 Å². The zero-order valence-corrected chi connectivity index (χ0v) is 5.67. The van der Waals surface area contributed by atoms with Crippen LogP contribution < -0.4 is 11.5 Å². The Morgan fingerprint density at radius 2 is 2.33 bits per heavy atom. The average molecular weight is 127 g/mol. The fourth-order valence-electron chi connectivity index (χ4n) is 0.948. The van der Waals surface area contributed by atoms with Crippen LogP contribution in [0, 0.1) is 5.92 Å². The quantitative estimate of drug-likeness (QED) is 0.469. The number of amidine groups is 1. The van der Waals surface area contributed by atoms with Crippen molar-refractivity contribution in [2.45, 2.75) is 19.4 Å². The molecule has 0 bridgehead atoms. The van der Waals surface area contributed by atoms with Gasteiger partial charge < -0.3 is 11.5 Å². The molecule has 0 aromatic carbocycles. The van der Waals surface area contributed by atoms with E-state index >= 15 is 0 Å². The van der Waals surface area contributed by atoms with Gasteiger partial charge in [-0.1, -0.05) is 6.92 Å². The van der Waals surface area contributed by atoms with Gasteiger partial charge in [-0.25, -0.2) is 0 Å². The predicted molar refractivity (Wildman–Crippen MR) is 38.2 cm³/mol. The molecule has 3 heteroatoms. The Kier molecular flexibility index (Phi) is 1.71. The van der Waals surface area contributed by atoms with E-state index in [0.29, 0.717) is 12.5 Å². The summed E-state index contributed by atoms with van der Waals surface area (Å²) in [5.74, 6) is 1.26. The molecule has 1 aliphatic rings. The minimum absolute atomic E-state index is 0.220. The highest BCUT2D eigenvalue weighted by Gasteiger charge is 2.17. The van der Waals surface area contributed by atoms with Crippen molar-refractivity contribution in [1.82, 2.24) is 0 Å². The molecule has 4 N–H and O–H groups in total. The third kappa shape index (κ3) is 1.42. The first-order chi connectivity index (χ1) is 4.20. The molecule has 0 fully saturated rings. The first-order valence-electron chi connectivity index (χ1n) is 3.24. The molecule has 0 aromatic heterocycles. The first kappa shape index (κ1) is 6.55. The molecule has 0 spiro atoms. The van der Waals surface area contributed by atoms with Gasteiger partial charge in [0.2, 0.25) is 0 Å². The molecule has 52 valence electrons. The third-order valence-electron chi connectivity index (χ3n) is 1.77. The molecule has 0 saturated heterocycles. The van der Waals surface area contributed by atoms with Crippen LogP contribution in [0.15, 0.2) is 4.99 Å². The van der Waals surface area contributed by atoms with Crippen LogP contribution in [0.3, 0.4) is 0 Å². The van der Waals surface area contributed by atoms with Crippen molar-refractivity contribution in [3.63, 3.8) is 0 Å². The van der Waals surface area contributed by atoms with E-state index in [-0.39, 0.29) is 6.04 Å². The average Bonchev–Trinajstić information content (AvgIpc) is 1.80. The third-order valence-corrected chi connectivity index (χ3v) is 1.77. The Morgan fingerprint density at radius 3 is 2.78 bits per heavy atom. The van der Waals surface area contributed by atoms with Crippen LogP contribution in [-0.4, -0.2) is 18.4 Å². The molecule has 0 radical (unpaired) electrons. The first-order valence-corrected chi connectivity index (χ1v) is 3.24. The summed E-state index contributed by atoms with van der Waals surface area (Å²) in [7, 11) is 0. The molecule has 1 aliphatic heterocycles. The second kappa shape index (κ2) is 2.35. The van der Waals surface area contributed by atoms with Gasteiger partial charge >= 0.3 is 0 Å². The van der Waals surface area contributed by atoms with Gasteiger partial charge in [-0.2, -0.15) is 0 Å². The molecule has 1 heterocycles. The Morgan fingerprint density at radius 1 is 1.67 bits per heavy atom. The zero-order valence-electron chi connectivity index (χ0n) is 5.67. The van der Waals surface area contributed by atoms with Gasteiger partial charge in [0.05, 0.1) is 12.4 Å². The standard InChI is InChI=1S/C6H13N3/c1-4-2-6(8)9-3-5(4)7/h4-5H,2-3,7H2,1H3,(H2,8,9)/t4-,5-/m1/s1. The van der Waals surface area contributed by atoms with E-state index in [2.05, 4.69) is 11.9 Å². The largest absolute Gasteiger partial charge is 0.387 e. The van der Waals surface area contributed by atoms with Gasteiger partial charge in [-0.15, -0.1) is 0 Å². The summed E-state index contributed by atoms with van der Waals surface area (Å²) in [6.45, 7) is 2.80. The maximum atomic E-state index is 5.68. The second-order valence-corrected chi connectivity index (χ2v) is 2.68. The molecule has 0 saturated carbocycles. The van der Waals surface area contributed by atoms with Crippen LogP contribution in [0.2, 0.25) is 0 Å². The number of aliphatic imine (C=N–C) groups is 1. The molecular weight excluding hydrogens is 114 g/mol. The monoisotopic (exact) mass is 127 g/mol. The van der Waals surface area contributed by atoms with E-state index in [1.54, 1.807) is 0 Å². The molecule has 0 amide bonds. The maximum Gasteiger partial charge on any atom is 0.0941 e. The number of nitrogens with zero attached hydrogens (tertiary/aromatic N) is 1. The van der Waals surface area contributed by atoms with Gasteiger partial charge in [0.1, 0.15) is 0 Å². The fourth-order valence-corrected chi connectivity index (χ4v) is 0.948. The summed E-state index contributed by atoms with van der Waals surface area (Å²) in [6.07, 6.45) is 0.862. The summed E-state index contributed by atoms with van der Waals surface area (Å²) in [5.41, 5.74) is 11.2. The SMILES string of the molecule is C[C@@H]1CC(N)=NC[C@H]1N. The molecule has 9 heavy (non-hydrogen) atoms. The van der Waals surface area contributed by atoms with Crippen molar-refractivity contribution in [3.8, 4) is 0 Å². The van der Waals surface area contributed by atoms with E-state index < -0.39 is 0 Å². The van der Waals surface area contributed by atoms with Crippen molar-refractivity contribution >= 4 is 5.84 Å². The van der Waals surface area contributed by atoms with E-state index in [1.807, 2.05) is 0 Å². The van der Waals surface area contributed by atoms with Crippen molar-refractivity contribution in [2.75, 3.05) is 6.54 Å². The summed E-state index contributed by atoms with van der Waals surface area (Å²) in [4.78, 5) is 4.03. The fraction of sp³-hybridized carbons (Fsp3) is 0.833. The lowest BCUT2D eigenvalue weighted by atomic mass is 9.96. The lowest BCUT2D eigenvalue weighted by Gasteiger charge is -2.22. The Labute approximate surface area is 55.1 Å². The maximum absolute atomic E-state index is 5.68. The van der Waals surface area contributed by atoms with Crippen LogP contribution in [0.4, 0.5) is 0 Å². The van der Waals surface area contributed by atoms with Crippen molar-refractivity contribution in [1.29, 1.82) is 0 Å². The van der Waals surface area contributed by atoms with Crippen molar-refractivity contribution in [2.24, 2.45) is 22.4 Å². The van der Waals surface area contributed by atoms with Crippen LogP contribution in [0.1, 0.15) is 13.3 Å². The lowest BCUT2D eigenvalue weighted by Crippen LogP contribution is -2.38. The van der Waals surface area contributed by atoms with Gasteiger partial charge in [-0.3, -0.25) is 4.99 Å². The van der Waals surface area contributed by atoms with Gasteiger partial charge in [-0.05, 0) is 5.92 Å². The highest BCUT2D eigenvalue weighted by molar-refractivity contribution is 5.81. The molecule has 0 unspecified atom stereocenters. The minimum atomic E-state index is 0.220. The van der Waals surface area contributed by atoms with Crippen LogP contribution >= 0.6 is 0 Å². The smallest absolute Gasteiger partial charge is 0.0941 e. The van der Waals surface area contributed by atoms with Gasteiger partial charge in [0, 0.05) is 12.5 Å². The number of hydrogen-bond donors (Lipinski definition) is 2. The molecule has 0 aliphatic carbocycles. The van der Waals surface area contributed by atoms with E-state index in [1.165, 1.54) is 0 Å². The topological polar surface area (TPSA) is 64.4 Å². The Bertz CT molecular complexity index is 130. The predicted octanol–water partition coefficient (Wildman–Crippen LogP) is -0.289. The Hall–Kier alpha value is -0.570. The zero-order chi connectivity index (χ0) is 6.85. The molecular formula is C6H13N3. The minimum Gasteiger partial charge on any atom is -0.387 e. The van der Waals surface area contributed by atoms with Crippen molar-refractivity contribution < 1.29 is 0 Å². The Balaban J connectivity index is 2.54. The summed E-state index contributed by atoms with van der Waals surface area (Å²) < 4.78 is 0. The van der Waals surface area contributed by atoms with Crippen LogP contribution in [-0.2, 0) is 0 Å². The highest BCUT2D eigenvalue weighted by atomic mass is 14.9. The van der Waals surface area contributed by atoms with Crippen LogP contribution in [0.5, 0.6) is 0 Å². The molecule has 3 nitrogen and oxygen atoms in total. The summed E-state index contributed by atoms with van der Waals surface area (Å²) in [6, 6.07) is 0.220. The second-order valence-electron chi connectivity index (χ2n) is 2.68. The molecule has 2 atom stereocenters. The van der Waals surface area contributed by atoms with Gasteiger partial charge in [0.15, 0.2) is 0 Å². The normalized spacial score (nSPS) is 36.0. The number of nitrogens with two attached hydrogens (primary N) is 2. The van der Waals surface area contributed by atoms with E-state index in [4.69, 9.17) is 11.5 Å².